The average molecular weight is 1170 g/mol. The summed E-state index contributed by atoms with van der Waals surface area (Å²) in [6.07, 6.45) is 17.8. The highest BCUT2D eigenvalue weighted by Gasteiger charge is 2.50. The van der Waals surface area contributed by atoms with Crippen molar-refractivity contribution in [1.29, 1.82) is 0 Å². The second-order valence-electron chi connectivity index (χ2n) is 32.5. The van der Waals surface area contributed by atoms with E-state index >= 15 is 0 Å². The number of hydrogen-bond acceptors (Lipinski definition) is 3. The molecule has 9 aromatic rings. The summed E-state index contributed by atoms with van der Waals surface area (Å²) in [5, 5.41) is 2.82. The first-order valence-electron chi connectivity index (χ1n) is 33.7. The van der Waals surface area contributed by atoms with Crippen LogP contribution in [0.25, 0.3) is 25.7 Å². The molecule has 16 rings (SSSR count). The van der Waals surface area contributed by atoms with Crippen molar-refractivity contribution in [3.8, 4) is 0 Å². The Morgan fingerprint density at radius 2 is 1.07 bits per heavy atom. The summed E-state index contributed by atoms with van der Waals surface area (Å²) in [6.45, 7) is 37.0. The molecule has 8 aromatic carbocycles. The summed E-state index contributed by atoms with van der Waals surface area (Å²) in [5.41, 5.74) is 31.6. The molecule has 0 amide bonds. The molecule has 3 heterocycles. The predicted molar refractivity (Wildman–Crippen MR) is 381 cm³/mol. The van der Waals surface area contributed by atoms with Gasteiger partial charge in [-0.3, -0.25) is 0 Å². The number of hydrogen-bond donors (Lipinski definition) is 0. The van der Waals surface area contributed by atoms with Gasteiger partial charge >= 0.3 is 0 Å². The molecule has 0 unspecified atom stereocenters. The lowest BCUT2D eigenvalue weighted by molar-refractivity contribution is 0.332. The Balaban J connectivity index is 1.07. The smallest absolute Gasteiger partial charge is 0.252 e. The third-order valence-corrected chi connectivity index (χ3v) is 25.0. The predicted octanol–water partition coefficient (Wildman–Crippen LogP) is 21.5. The van der Waals surface area contributed by atoms with Crippen LogP contribution in [0.1, 0.15) is 240 Å². The summed E-state index contributed by atoms with van der Waals surface area (Å²) < 4.78 is 2.78. The number of fused-ring (bicyclic) bond motifs is 13. The highest BCUT2D eigenvalue weighted by Crippen LogP contribution is 2.58. The fourth-order valence-corrected chi connectivity index (χ4v) is 19.6. The molecule has 0 atom stereocenters. The number of nitrogens with zero attached hydrogens (tertiary/aromatic N) is 2. The van der Waals surface area contributed by atoms with Crippen molar-refractivity contribution in [2.75, 3.05) is 9.80 Å². The first kappa shape index (κ1) is 56.4. The minimum absolute atomic E-state index is 0.0350. The van der Waals surface area contributed by atoms with Crippen LogP contribution in [0.15, 0.2) is 152 Å². The highest BCUT2D eigenvalue weighted by atomic mass is 32.1. The largest absolute Gasteiger partial charge is 0.311 e. The molecule has 5 aliphatic carbocycles. The van der Waals surface area contributed by atoms with Gasteiger partial charge in [-0.05, 0) is 210 Å². The molecule has 0 saturated heterocycles. The van der Waals surface area contributed by atoms with Crippen LogP contribution in [0.2, 0.25) is 0 Å². The van der Waals surface area contributed by atoms with Crippen molar-refractivity contribution >= 4 is 94.3 Å². The number of thiophene rings is 1. The standard InChI is InChI=1S/C84H89BN2S/c1-78(2,3)53-34-38-69(55(44-53)51-28-20-17-21-29-51)87-72-43-52(50-26-18-16-19-27-50)42-71-76(72)85(67-37-39-73-75(77(67)87)56-46-62-63(49-74(56)88-73)80(6,7)41-40-79(62,4)5)68-47-65-66(84(14,15)60-33-25-24-32-59(60)83(65,12)13)48-70(68)86(71)54-35-36-61-64(45-54)82(10,11)58-31-23-22-30-57(58)81(61,8)9/h17,20,22-25,28,30-39,42-50H,16,18-19,21,26-27,29,40-41H2,1-15H3. The molecule has 4 heteroatoms. The number of anilines is 6. The van der Waals surface area contributed by atoms with E-state index in [1.54, 1.807) is 0 Å². The van der Waals surface area contributed by atoms with Gasteiger partial charge in [0.2, 0.25) is 0 Å². The Labute approximate surface area is 530 Å². The van der Waals surface area contributed by atoms with E-state index in [4.69, 9.17) is 0 Å². The zero-order chi connectivity index (χ0) is 61.1. The fraction of sp³-hybridized carbons (Fsp3) is 0.381. The average Bonchev–Trinajstić information content (AvgIpc) is 0.918. The molecule has 2 nitrogen and oxygen atoms in total. The van der Waals surface area contributed by atoms with E-state index in [9.17, 15) is 0 Å². The molecule has 0 N–H and O–H groups in total. The molecule has 444 valence electrons. The van der Waals surface area contributed by atoms with Gasteiger partial charge in [0.1, 0.15) is 0 Å². The van der Waals surface area contributed by atoms with Crippen molar-refractivity contribution in [2.24, 2.45) is 0 Å². The van der Waals surface area contributed by atoms with Gasteiger partial charge in [0, 0.05) is 70.1 Å². The second-order valence-corrected chi connectivity index (χ2v) is 33.6. The van der Waals surface area contributed by atoms with E-state index in [0.29, 0.717) is 5.92 Å². The van der Waals surface area contributed by atoms with E-state index < -0.39 is 0 Å². The molecule has 7 aliphatic rings. The van der Waals surface area contributed by atoms with E-state index in [1.165, 1.54) is 194 Å². The van der Waals surface area contributed by atoms with Crippen LogP contribution in [-0.2, 0) is 37.9 Å². The summed E-state index contributed by atoms with van der Waals surface area (Å²) in [6, 6.07) is 55.5. The van der Waals surface area contributed by atoms with Crippen molar-refractivity contribution in [3.63, 3.8) is 0 Å². The zero-order valence-electron chi connectivity index (χ0n) is 55.3. The van der Waals surface area contributed by atoms with E-state index in [0.717, 1.165) is 12.8 Å². The molecule has 1 aromatic heterocycles. The van der Waals surface area contributed by atoms with Crippen LogP contribution in [0, 0.1) is 0 Å². The monoisotopic (exact) mass is 1170 g/mol. The van der Waals surface area contributed by atoms with Gasteiger partial charge in [0.15, 0.2) is 0 Å². The van der Waals surface area contributed by atoms with E-state index in [2.05, 4.69) is 265 Å². The van der Waals surface area contributed by atoms with Crippen LogP contribution in [0.4, 0.5) is 34.1 Å². The topological polar surface area (TPSA) is 6.48 Å². The van der Waals surface area contributed by atoms with Gasteiger partial charge in [-0.25, -0.2) is 0 Å². The maximum atomic E-state index is 2.88. The first-order chi connectivity index (χ1) is 41.8. The summed E-state index contributed by atoms with van der Waals surface area (Å²) in [5.74, 6) is 0.462. The minimum atomic E-state index is -0.244. The first-order valence-corrected chi connectivity index (χ1v) is 34.5. The number of benzene rings is 8. The van der Waals surface area contributed by atoms with Crippen LogP contribution >= 0.6 is 11.3 Å². The van der Waals surface area contributed by atoms with Gasteiger partial charge in [-0.1, -0.05) is 214 Å². The SMILES string of the molecule is CC(C)(C)c1ccc(N2c3cc(C4CCCCC4)cc4c3B(c3cc5c(cc3N4c3ccc4c(c3)C(C)(C)c3ccccc3C4(C)C)C(C)(C)c3ccccc3C5(C)C)c3ccc4sc5cc6c(cc5c4c32)C(C)(C)CCC6(C)C)c(C2=CC=CCC2)c1. The number of rotatable bonds is 4. The van der Waals surface area contributed by atoms with Crippen LogP contribution < -0.4 is 26.2 Å². The lowest BCUT2D eigenvalue weighted by atomic mass is 9.33. The molecule has 0 radical (unpaired) electrons. The maximum Gasteiger partial charge on any atom is 0.252 e. The highest BCUT2D eigenvalue weighted by molar-refractivity contribution is 7.26. The van der Waals surface area contributed by atoms with Gasteiger partial charge in [-0.2, -0.15) is 0 Å². The molecule has 2 aliphatic heterocycles. The van der Waals surface area contributed by atoms with Gasteiger partial charge in [0.05, 0.1) is 11.4 Å². The van der Waals surface area contributed by atoms with Crippen LogP contribution in [0.3, 0.4) is 0 Å². The van der Waals surface area contributed by atoms with Crippen LogP contribution in [-0.4, -0.2) is 6.71 Å². The van der Waals surface area contributed by atoms with Gasteiger partial charge < -0.3 is 9.80 Å². The minimum Gasteiger partial charge on any atom is -0.311 e. The summed E-state index contributed by atoms with van der Waals surface area (Å²) in [7, 11) is 0. The Bertz CT molecular complexity index is 4550. The van der Waals surface area contributed by atoms with Crippen molar-refractivity contribution in [2.45, 2.75) is 205 Å². The fourth-order valence-electron chi connectivity index (χ4n) is 18.4. The molecule has 88 heavy (non-hydrogen) atoms. The Hall–Kier alpha value is -6.88. The Kier molecular flexibility index (Phi) is 12.1. The molecular weight excluding hydrogens is 1080 g/mol. The number of allylic oxidation sites excluding steroid dienone is 4. The quantitative estimate of drug-likeness (QED) is 0.162. The normalized spacial score (nSPS) is 20.3. The van der Waals surface area contributed by atoms with Crippen molar-refractivity contribution in [3.05, 3.63) is 224 Å². The van der Waals surface area contributed by atoms with Gasteiger partial charge in [0.25, 0.3) is 6.71 Å². The third-order valence-electron chi connectivity index (χ3n) is 23.8. The van der Waals surface area contributed by atoms with E-state index in [1.807, 2.05) is 11.3 Å². The van der Waals surface area contributed by atoms with Crippen molar-refractivity contribution in [1.82, 2.24) is 0 Å². The molecule has 1 fully saturated rings. The molecular formula is C84H89BN2S. The van der Waals surface area contributed by atoms with E-state index in [-0.39, 0.29) is 44.6 Å². The maximum absolute atomic E-state index is 2.88. The summed E-state index contributed by atoms with van der Waals surface area (Å²) in [4.78, 5) is 5.68. The van der Waals surface area contributed by atoms with Crippen LogP contribution in [0.5, 0.6) is 0 Å². The van der Waals surface area contributed by atoms with Crippen molar-refractivity contribution < 1.29 is 0 Å². The third kappa shape index (κ3) is 7.91. The molecule has 1 saturated carbocycles. The summed E-state index contributed by atoms with van der Waals surface area (Å²) >= 11 is 2.02. The lowest BCUT2D eigenvalue weighted by Crippen LogP contribution is -2.62. The zero-order valence-corrected chi connectivity index (χ0v) is 56.1. The molecule has 0 spiro atoms. The molecule has 0 bridgehead atoms. The second kappa shape index (κ2) is 18.9. The van der Waals surface area contributed by atoms with Gasteiger partial charge in [-0.15, -0.1) is 11.3 Å². The Morgan fingerprint density at radius 1 is 0.489 bits per heavy atom. The Morgan fingerprint density at radius 3 is 1.68 bits per heavy atom. The lowest BCUT2D eigenvalue weighted by Gasteiger charge is -2.49.